The first kappa shape index (κ1) is 17.2. The molecule has 23 heavy (non-hydrogen) atoms. The summed E-state index contributed by atoms with van der Waals surface area (Å²) in [7, 11) is 0. The quantitative estimate of drug-likeness (QED) is 0.782. The number of ether oxygens (including phenoxy) is 1. The molecule has 120 valence electrons. The fraction of sp³-hybridized carbons (Fsp3) is 0.263. The zero-order valence-corrected chi connectivity index (χ0v) is 13.6. The van der Waals surface area contributed by atoms with Crippen LogP contribution in [0, 0.1) is 0 Å². The van der Waals surface area contributed by atoms with Crippen molar-refractivity contribution >= 4 is 24.4 Å². The smallest absolute Gasteiger partial charge is 0.338 e. The molecule has 0 fully saturated rings. The van der Waals surface area contributed by atoms with Crippen LogP contribution in [0.3, 0.4) is 0 Å². The van der Waals surface area contributed by atoms with Crippen molar-refractivity contribution in [3.05, 3.63) is 70.2 Å². The molecule has 1 aliphatic carbocycles. The van der Waals surface area contributed by atoms with Crippen LogP contribution in [-0.2, 0) is 16.0 Å². The van der Waals surface area contributed by atoms with Crippen molar-refractivity contribution in [1.82, 2.24) is 0 Å². The number of benzene rings is 2. The topological polar surface area (TPSA) is 43.4 Å². The van der Waals surface area contributed by atoms with E-state index >= 15 is 0 Å². The Morgan fingerprint density at radius 1 is 1.17 bits per heavy atom. The van der Waals surface area contributed by atoms with Gasteiger partial charge in [0.2, 0.25) is 0 Å². The average molecular weight is 331 g/mol. The van der Waals surface area contributed by atoms with E-state index in [0.717, 1.165) is 24.3 Å². The van der Waals surface area contributed by atoms with Crippen molar-refractivity contribution in [3.63, 3.8) is 0 Å². The highest BCUT2D eigenvalue weighted by Gasteiger charge is 2.22. The van der Waals surface area contributed by atoms with Crippen LogP contribution < -0.4 is 0 Å². The van der Waals surface area contributed by atoms with Gasteiger partial charge in [0.1, 0.15) is 6.79 Å². The molecule has 0 aliphatic heterocycles. The van der Waals surface area contributed by atoms with E-state index in [0.29, 0.717) is 12.2 Å². The first-order chi connectivity index (χ1) is 11.2. The molecule has 3 rings (SSSR count). The SMILES string of the molecule is C=O.O=C(OCC1CCCc2cc(Cl)ccc21)c1ccccc1. The van der Waals surface area contributed by atoms with Gasteiger partial charge in [0.05, 0.1) is 12.2 Å². The second kappa shape index (κ2) is 8.49. The van der Waals surface area contributed by atoms with Crippen molar-refractivity contribution in [2.45, 2.75) is 25.2 Å². The molecule has 0 heterocycles. The first-order valence-electron chi connectivity index (χ1n) is 7.53. The Morgan fingerprint density at radius 2 is 1.91 bits per heavy atom. The average Bonchev–Trinajstić information content (AvgIpc) is 2.61. The summed E-state index contributed by atoms with van der Waals surface area (Å²) in [6.07, 6.45) is 3.22. The molecular weight excluding hydrogens is 312 g/mol. The van der Waals surface area contributed by atoms with E-state index in [1.165, 1.54) is 11.1 Å². The lowest BCUT2D eigenvalue weighted by molar-refractivity contribution is -0.0980. The zero-order chi connectivity index (χ0) is 16.7. The summed E-state index contributed by atoms with van der Waals surface area (Å²) in [5, 5.41) is 0.774. The highest BCUT2D eigenvalue weighted by atomic mass is 35.5. The van der Waals surface area contributed by atoms with E-state index in [4.69, 9.17) is 21.1 Å². The van der Waals surface area contributed by atoms with Crippen LogP contribution in [0.5, 0.6) is 0 Å². The summed E-state index contributed by atoms with van der Waals surface area (Å²) in [4.78, 5) is 20.0. The highest BCUT2D eigenvalue weighted by molar-refractivity contribution is 6.30. The molecule has 0 radical (unpaired) electrons. The third-order valence-electron chi connectivity index (χ3n) is 3.97. The number of esters is 1. The van der Waals surface area contributed by atoms with E-state index in [1.807, 2.05) is 37.1 Å². The second-order valence-electron chi connectivity index (χ2n) is 5.40. The van der Waals surface area contributed by atoms with Gasteiger partial charge in [-0.2, -0.15) is 0 Å². The second-order valence-corrected chi connectivity index (χ2v) is 5.83. The Balaban J connectivity index is 0.000000924. The van der Waals surface area contributed by atoms with Crippen LogP contribution in [0.1, 0.15) is 40.2 Å². The Bertz CT molecular complexity index is 655. The lowest BCUT2D eigenvalue weighted by atomic mass is 9.83. The fourth-order valence-corrected chi connectivity index (χ4v) is 3.09. The number of halogens is 1. The molecule has 0 saturated carbocycles. The van der Waals surface area contributed by atoms with Crippen LogP contribution >= 0.6 is 11.6 Å². The Kier molecular flexibility index (Phi) is 6.36. The summed E-state index contributed by atoms with van der Waals surface area (Å²) in [6, 6.07) is 15.1. The maximum atomic E-state index is 12.0. The van der Waals surface area contributed by atoms with E-state index in [1.54, 1.807) is 12.1 Å². The number of rotatable bonds is 3. The van der Waals surface area contributed by atoms with Crippen molar-refractivity contribution in [1.29, 1.82) is 0 Å². The predicted molar refractivity (Wildman–Crippen MR) is 91.0 cm³/mol. The molecule has 4 heteroatoms. The van der Waals surface area contributed by atoms with Gasteiger partial charge < -0.3 is 9.53 Å². The van der Waals surface area contributed by atoms with E-state index < -0.39 is 0 Å². The normalized spacial score (nSPS) is 15.8. The Labute approximate surface area is 141 Å². The largest absolute Gasteiger partial charge is 0.461 e. The van der Waals surface area contributed by atoms with Crippen LogP contribution in [0.25, 0.3) is 0 Å². The monoisotopic (exact) mass is 330 g/mol. The maximum Gasteiger partial charge on any atom is 0.338 e. The van der Waals surface area contributed by atoms with Gasteiger partial charge in [-0.05, 0) is 54.7 Å². The molecule has 0 amide bonds. The molecule has 1 atom stereocenters. The third kappa shape index (κ3) is 4.42. The standard InChI is InChI=1S/C18H17ClO2.CH2O/c19-16-9-10-17-14(11-16)7-4-8-15(17)12-21-18(20)13-5-2-1-3-6-13;1-2/h1-3,5-6,9-11,15H,4,7-8,12H2;1H2. The van der Waals surface area contributed by atoms with Gasteiger partial charge in [-0.3, -0.25) is 0 Å². The number of aryl methyl sites for hydroxylation is 1. The lowest BCUT2D eigenvalue weighted by Gasteiger charge is -2.25. The molecule has 3 nitrogen and oxygen atoms in total. The number of carbonyl (C=O) groups is 2. The molecule has 1 unspecified atom stereocenters. The number of carbonyl (C=O) groups excluding carboxylic acids is 2. The Morgan fingerprint density at radius 3 is 2.65 bits per heavy atom. The van der Waals surface area contributed by atoms with Crippen molar-refractivity contribution in [3.8, 4) is 0 Å². The molecule has 1 aliphatic rings. The van der Waals surface area contributed by atoms with Gasteiger partial charge in [0, 0.05) is 10.9 Å². The zero-order valence-electron chi connectivity index (χ0n) is 12.8. The van der Waals surface area contributed by atoms with Gasteiger partial charge in [-0.25, -0.2) is 4.79 Å². The summed E-state index contributed by atoms with van der Waals surface area (Å²) in [5.74, 6) is 0.0235. The number of hydrogen-bond acceptors (Lipinski definition) is 3. The minimum atomic E-state index is -0.253. The van der Waals surface area contributed by atoms with Crippen molar-refractivity contribution < 1.29 is 14.3 Å². The first-order valence-corrected chi connectivity index (χ1v) is 7.91. The Hall–Kier alpha value is -2.13. The van der Waals surface area contributed by atoms with Gasteiger partial charge in [-0.1, -0.05) is 35.9 Å². The molecule has 2 aromatic rings. The fourth-order valence-electron chi connectivity index (χ4n) is 2.89. The van der Waals surface area contributed by atoms with Gasteiger partial charge in [0.15, 0.2) is 0 Å². The molecule has 0 spiro atoms. The van der Waals surface area contributed by atoms with Gasteiger partial charge in [-0.15, -0.1) is 0 Å². The van der Waals surface area contributed by atoms with Crippen LogP contribution in [0.2, 0.25) is 5.02 Å². The molecule has 0 bridgehead atoms. The minimum Gasteiger partial charge on any atom is -0.461 e. The van der Waals surface area contributed by atoms with E-state index in [9.17, 15) is 4.79 Å². The molecule has 0 N–H and O–H groups in total. The van der Waals surface area contributed by atoms with Crippen LogP contribution in [0.4, 0.5) is 0 Å². The van der Waals surface area contributed by atoms with Gasteiger partial charge in [0.25, 0.3) is 0 Å². The number of hydrogen-bond donors (Lipinski definition) is 0. The maximum absolute atomic E-state index is 12.0. The highest BCUT2D eigenvalue weighted by Crippen LogP contribution is 2.33. The van der Waals surface area contributed by atoms with E-state index in [2.05, 4.69) is 6.07 Å². The number of fused-ring (bicyclic) bond motifs is 1. The predicted octanol–water partition coefficient (Wildman–Crippen LogP) is 4.43. The summed E-state index contributed by atoms with van der Waals surface area (Å²) >= 11 is 6.05. The molecular formula is C19H19ClO3. The van der Waals surface area contributed by atoms with Crippen molar-refractivity contribution in [2.75, 3.05) is 6.61 Å². The summed E-state index contributed by atoms with van der Waals surface area (Å²) in [6.45, 7) is 2.43. The molecule has 0 saturated heterocycles. The van der Waals surface area contributed by atoms with Crippen LogP contribution in [-0.4, -0.2) is 19.4 Å². The third-order valence-corrected chi connectivity index (χ3v) is 4.20. The molecule has 2 aromatic carbocycles. The molecule has 0 aromatic heterocycles. The van der Waals surface area contributed by atoms with Crippen molar-refractivity contribution in [2.24, 2.45) is 0 Å². The lowest BCUT2D eigenvalue weighted by Crippen LogP contribution is -2.17. The van der Waals surface area contributed by atoms with Gasteiger partial charge >= 0.3 is 5.97 Å². The van der Waals surface area contributed by atoms with E-state index in [-0.39, 0.29) is 11.9 Å². The summed E-state index contributed by atoms with van der Waals surface area (Å²) < 4.78 is 5.48. The summed E-state index contributed by atoms with van der Waals surface area (Å²) in [5.41, 5.74) is 3.16. The minimum absolute atomic E-state index is 0.253. The van der Waals surface area contributed by atoms with Crippen LogP contribution in [0.15, 0.2) is 48.5 Å².